The van der Waals surface area contributed by atoms with Crippen LogP contribution in [0, 0.1) is 11.3 Å². The first-order valence-corrected chi connectivity index (χ1v) is 7.38. The zero-order valence-corrected chi connectivity index (χ0v) is 14.1. The van der Waals surface area contributed by atoms with Gasteiger partial charge in [-0.1, -0.05) is 77.3 Å². The predicted octanol–water partition coefficient (Wildman–Crippen LogP) is 6.05. The zero-order valence-electron chi connectivity index (χ0n) is 14.1. The minimum Gasteiger partial charge on any atom is -0.256 e. The van der Waals surface area contributed by atoms with Gasteiger partial charge in [0.2, 0.25) is 0 Å². The highest BCUT2D eigenvalue weighted by atomic mass is 14.7. The van der Waals surface area contributed by atoms with Crippen molar-refractivity contribution in [3.05, 3.63) is 73.0 Å². The molecule has 0 spiro atoms. The van der Waals surface area contributed by atoms with Crippen LogP contribution in [0.1, 0.15) is 34.6 Å². The molecule has 0 amide bonds. The molecule has 0 saturated heterocycles. The summed E-state index contributed by atoms with van der Waals surface area (Å²) in [5.74, 6) is 0.593. The van der Waals surface area contributed by atoms with E-state index < -0.39 is 0 Å². The van der Waals surface area contributed by atoms with Crippen LogP contribution in [0.4, 0.5) is 0 Å². The van der Waals surface area contributed by atoms with Gasteiger partial charge in [-0.15, -0.1) is 0 Å². The van der Waals surface area contributed by atoms with Gasteiger partial charge in [-0.2, -0.15) is 0 Å². The summed E-state index contributed by atoms with van der Waals surface area (Å²) in [7, 11) is 0. The van der Waals surface area contributed by atoms with Crippen molar-refractivity contribution in [2.24, 2.45) is 16.3 Å². The van der Waals surface area contributed by atoms with E-state index in [9.17, 15) is 0 Å². The molecule has 0 rings (SSSR count). The third-order valence-electron chi connectivity index (χ3n) is 3.58. The lowest BCUT2D eigenvalue weighted by molar-refractivity contribution is 0.333. The minimum atomic E-state index is 0.171. The fraction of sp³-hybridized carbons (Fsp3) is 0.350. The topological polar surface area (TPSA) is 12.4 Å². The van der Waals surface area contributed by atoms with Crippen LogP contribution in [-0.2, 0) is 0 Å². The molecular weight excluding hydrogens is 254 g/mol. The van der Waals surface area contributed by atoms with Crippen LogP contribution in [0.3, 0.4) is 0 Å². The van der Waals surface area contributed by atoms with Gasteiger partial charge >= 0.3 is 0 Å². The van der Waals surface area contributed by atoms with Gasteiger partial charge in [0.1, 0.15) is 0 Å². The van der Waals surface area contributed by atoms with E-state index in [2.05, 4.69) is 64.1 Å². The summed E-state index contributed by atoms with van der Waals surface area (Å²) < 4.78 is 0. The summed E-state index contributed by atoms with van der Waals surface area (Å²) in [6, 6.07) is 0. The van der Waals surface area contributed by atoms with E-state index in [1.807, 2.05) is 31.4 Å². The fourth-order valence-corrected chi connectivity index (χ4v) is 1.30. The average Bonchev–Trinajstić information content (AvgIpc) is 2.44. The van der Waals surface area contributed by atoms with E-state index in [-0.39, 0.29) is 5.41 Å². The molecule has 0 fully saturated rings. The van der Waals surface area contributed by atoms with Gasteiger partial charge in [0.15, 0.2) is 0 Å². The molecule has 0 aliphatic carbocycles. The second-order valence-corrected chi connectivity index (χ2v) is 5.78. The number of nitrogens with zero attached hydrogens (tertiary/aromatic N) is 1. The Morgan fingerprint density at radius 2 is 1.76 bits per heavy atom. The summed E-state index contributed by atoms with van der Waals surface area (Å²) in [5.41, 5.74) is 2.11. The molecule has 0 atom stereocenters. The van der Waals surface area contributed by atoms with Gasteiger partial charge in [0, 0.05) is 6.21 Å². The van der Waals surface area contributed by atoms with Crippen molar-refractivity contribution >= 4 is 6.21 Å². The summed E-state index contributed by atoms with van der Waals surface area (Å²) in [6.07, 6.45) is 17.4. The van der Waals surface area contributed by atoms with Crippen LogP contribution in [0.5, 0.6) is 0 Å². The first kappa shape index (κ1) is 19.1. The van der Waals surface area contributed by atoms with E-state index in [4.69, 9.17) is 0 Å². The van der Waals surface area contributed by atoms with Gasteiger partial charge in [0.25, 0.3) is 0 Å². The number of aliphatic imine (C=N–C) groups is 1. The number of rotatable bonds is 8. The Morgan fingerprint density at radius 1 is 1.10 bits per heavy atom. The summed E-state index contributed by atoms with van der Waals surface area (Å²) in [6.45, 7) is 18.3. The molecule has 0 unspecified atom stereocenters. The van der Waals surface area contributed by atoms with Crippen molar-refractivity contribution in [3.8, 4) is 0 Å². The van der Waals surface area contributed by atoms with Crippen LogP contribution in [0.25, 0.3) is 0 Å². The molecule has 0 aliphatic heterocycles. The quantitative estimate of drug-likeness (QED) is 0.379. The maximum absolute atomic E-state index is 4.48. The fourth-order valence-electron chi connectivity index (χ4n) is 1.30. The van der Waals surface area contributed by atoms with Gasteiger partial charge in [0.05, 0.1) is 5.70 Å². The molecule has 0 aromatic rings. The van der Waals surface area contributed by atoms with Crippen molar-refractivity contribution in [2.45, 2.75) is 34.6 Å². The molecule has 0 N–H and O–H groups in total. The van der Waals surface area contributed by atoms with Gasteiger partial charge in [-0.05, 0) is 36.0 Å². The Hall–Kier alpha value is -1.89. The summed E-state index contributed by atoms with van der Waals surface area (Å²) in [4.78, 5) is 4.48. The summed E-state index contributed by atoms with van der Waals surface area (Å²) in [5, 5.41) is 0. The lowest BCUT2D eigenvalue weighted by Crippen LogP contribution is -2.15. The SMILES string of the molecule is C=C\C=C/C(=C\C=C)/N=C/C(/C=C\C(C)(C)C(C)C)=C/C. The Balaban J connectivity index is 5.08. The van der Waals surface area contributed by atoms with Gasteiger partial charge < -0.3 is 0 Å². The first-order chi connectivity index (χ1) is 9.87. The highest BCUT2D eigenvalue weighted by Gasteiger charge is 2.17. The van der Waals surface area contributed by atoms with E-state index in [1.165, 1.54) is 0 Å². The molecule has 0 radical (unpaired) electrons. The Kier molecular flexibility index (Phi) is 9.03. The normalized spacial score (nSPS) is 14.8. The standard InChI is InChI=1S/C20H29N/c1-8-11-13-19(12-9-2)21-16-18(10-3)14-15-20(6,7)17(4)5/h8-17H,1-2H2,3-7H3/b13-11-,15-14-,18-10+,19-12+,21-16+. The highest BCUT2D eigenvalue weighted by Crippen LogP contribution is 2.27. The highest BCUT2D eigenvalue weighted by molar-refractivity contribution is 5.83. The Labute approximate surface area is 130 Å². The van der Waals surface area contributed by atoms with E-state index in [0.29, 0.717) is 5.92 Å². The molecule has 21 heavy (non-hydrogen) atoms. The second kappa shape index (κ2) is 9.93. The summed E-state index contributed by atoms with van der Waals surface area (Å²) >= 11 is 0. The van der Waals surface area contributed by atoms with E-state index in [0.717, 1.165) is 11.3 Å². The lowest BCUT2D eigenvalue weighted by Gasteiger charge is -2.25. The van der Waals surface area contributed by atoms with Crippen LogP contribution in [0.2, 0.25) is 0 Å². The van der Waals surface area contributed by atoms with E-state index >= 15 is 0 Å². The molecule has 114 valence electrons. The average molecular weight is 283 g/mol. The Bertz CT molecular complexity index is 480. The van der Waals surface area contributed by atoms with Gasteiger partial charge in [-0.3, -0.25) is 4.99 Å². The largest absolute Gasteiger partial charge is 0.256 e. The third-order valence-corrected chi connectivity index (χ3v) is 3.58. The van der Waals surface area contributed by atoms with Crippen LogP contribution in [0.15, 0.2) is 78.0 Å². The molecule has 0 aliphatic rings. The lowest BCUT2D eigenvalue weighted by atomic mass is 9.80. The molecule has 0 aromatic carbocycles. The minimum absolute atomic E-state index is 0.171. The van der Waals surface area contributed by atoms with Gasteiger partial charge in [-0.25, -0.2) is 0 Å². The maximum atomic E-state index is 4.48. The number of hydrogen-bond acceptors (Lipinski definition) is 1. The molecule has 1 nitrogen and oxygen atoms in total. The Morgan fingerprint density at radius 3 is 2.24 bits per heavy atom. The van der Waals surface area contributed by atoms with Crippen molar-refractivity contribution < 1.29 is 0 Å². The number of allylic oxidation sites excluding steroid dienone is 9. The van der Waals surface area contributed by atoms with Crippen molar-refractivity contribution in [1.82, 2.24) is 0 Å². The van der Waals surface area contributed by atoms with E-state index in [1.54, 1.807) is 12.2 Å². The molecule has 0 saturated carbocycles. The number of hydrogen-bond donors (Lipinski definition) is 0. The maximum Gasteiger partial charge on any atom is 0.0629 e. The molecule has 1 heteroatoms. The molecule has 0 heterocycles. The molecule has 0 aromatic heterocycles. The first-order valence-electron chi connectivity index (χ1n) is 7.38. The van der Waals surface area contributed by atoms with Crippen molar-refractivity contribution in [2.75, 3.05) is 0 Å². The van der Waals surface area contributed by atoms with Crippen LogP contribution in [-0.4, -0.2) is 6.21 Å². The molecular formula is C20H29N. The van der Waals surface area contributed by atoms with Crippen molar-refractivity contribution in [1.29, 1.82) is 0 Å². The smallest absolute Gasteiger partial charge is 0.0629 e. The molecule has 0 bridgehead atoms. The van der Waals surface area contributed by atoms with Crippen LogP contribution < -0.4 is 0 Å². The predicted molar refractivity (Wildman–Crippen MR) is 97.6 cm³/mol. The zero-order chi connectivity index (χ0) is 16.3. The third kappa shape index (κ3) is 8.09. The van der Waals surface area contributed by atoms with Crippen LogP contribution >= 0.6 is 0 Å². The second-order valence-electron chi connectivity index (χ2n) is 5.78. The monoisotopic (exact) mass is 283 g/mol. The van der Waals surface area contributed by atoms with Crippen molar-refractivity contribution in [3.63, 3.8) is 0 Å².